The summed E-state index contributed by atoms with van der Waals surface area (Å²) in [5.41, 5.74) is 0. The number of hydrogen-bond acceptors (Lipinski definition) is 3. The van der Waals surface area contributed by atoms with E-state index in [1.807, 2.05) is 0 Å². The molecule has 1 rings (SSSR count). The minimum atomic E-state index is -0.328. The molecule has 0 saturated heterocycles. The average Bonchev–Trinajstić information content (AvgIpc) is 2.43. The Morgan fingerprint density at radius 1 is 1.45 bits per heavy atom. The summed E-state index contributed by atoms with van der Waals surface area (Å²) in [6, 6.07) is 2.38. The summed E-state index contributed by atoms with van der Waals surface area (Å²) in [6.07, 6.45) is 3.06. The fourth-order valence-corrected chi connectivity index (χ4v) is 0.668. The van der Waals surface area contributed by atoms with Crippen molar-refractivity contribution < 1.29 is 61.6 Å². The van der Waals surface area contributed by atoms with Crippen LogP contribution in [0.2, 0.25) is 0 Å². The smallest absolute Gasteiger partial charge is 0.432 e. The molecule has 0 fully saturated rings. The summed E-state index contributed by atoms with van der Waals surface area (Å²) < 4.78 is 1.47. The molecule has 2 N–H and O–H groups in total. The van der Waals surface area contributed by atoms with Gasteiger partial charge in [-0.25, -0.2) is 5.10 Å². The zero-order chi connectivity index (χ0) is 7.40. The largest absolute Gasteiger partial charge is 1.00 e. The molecule has 0 amide bonds. The third-order valence-electron chi connectivity index (χ3n) is 1.27. The van der Waals surface area contributed by atoms with Crippen LogP contribution in [0.25, 0.3) is 0 Å². The number of aliphatic hydroxyl groups is 2. The molecule has 0 aromatic carbocycles. The van der Waals surface area contributed by atoms with Gasteiger partial charge in [0.15, 0.2) is 0 Å². The zero-order valence-electron chi connectivity index (χ0n) is 6.44. The van der Waals surface area contributed by atoms with Gasteiger partial charge < -0.3 is 21.0 Å². The van der Waals surface area contributed by atoms with Crippen LogP contribution in [-0.4, -0.2) is 33.2 Å². The molecule has 1 aromatic heterocycles. The second kappa shape index (κ2) is 6.30. The molecule has 0 spiro atoms. The predicted molar refractivity (Wildman–Crippen MR) is 34.3 cm³/mol. The molecule has 0 radical (unpaired) electrons. The quantitative estimate of drug-likeness (QED) is 0.371. The molecule has 56 valence electrons. The number of nitrogens with zero attached hydrogens (tertiary/aromatic N) is 2. The first kappa shape index (κ1) is 11.8. The van der Waals surface area contributed by atoms with Gasteiger partial charge in [0.2, 0.25) is 0 Å². The van der Waals surface area contributed by atoms with Gasteiger partial charge in [-0.2, -0.15) is 6.20 Å². The van der Waals surface area contributed by atoms with Crippen molar-refractivity contribution in [2.75, 3.05) is 13.2 Å². The molecule has 0 bridgehead atoms. The van der Waals surface area contributed by atoms with Crippen molar-refractivity contribution in [3.05, 3.63) is 18.5 Å². The van der Waals surface area contributed by atoms with E-state index < -0.39 is 0 Å². The van der Waals surface area contributed by atoms with Crippen molar-refractivity contribution in [2.45, 2.75) is 6.04 Å². The van der Waals surface area contributed by atoms with Crippen molar-refractivity contribution in [1.82, 2.24) is 9.78 Å². The van der Waals surface area contributed by atoms with Crippen LogP contribution in [0.15, 0.2) is 12.4 Å². The van der Waals surface area contributed by atoms with Crippen LogP contribution < -0.4 is 51.4 Å². The maximum Gasteiger partial charge on any atom is 1.00 e. The van der Waals surface area contributed by atoms with E-state index >= 15 is 0 Å². The molecule has 4 nitrogen and oxygen atoms in total. The second-order valence-corrected chi connectivity index (χ2v) is 1.94. The van der Waals surface area contributed by atoms with Gasteiger partial charge in [0.05, 0.1) is 19.3 Å². The third kappa shape index (κ3) is 3.33. The van der Waals surface area contributed by atoms with E-state index in [0.717, 1.165) is 0 Å². The fraction of sp³-hybridized carbons (Fsp3) is 0.500. The topological polar surface area (TPSA) is 58.3 Å². The van der Waals surface area contributed by atoms with E-state index in [-0.39, 0.29) is 70.6 Å². The molecular weight excluding hydrogens is 171 g/mol. The Morgan fingerprint density at radius 2 is 2.09 bits per heavy atom. The number of hydrogen-bond donors (Lipinski definition) is 2. The molecule has 0 unspecified atom stereocenters. The minimum Gasteiger partial charge on any atom is -0.432 e. The molecule has 0 atom stereocenters. The van der Waals surface area contributed by atoms with Crippen LogP contribution in [0.1, 0.15) is 6.04 Å². The number of aromatic nitrogens is 2. The van der Waals surface area contributed by atoms with Gasteiger partial charge in [-0.15, -0.1) is 6.20 Å². The maximum atomic E-state index is 8.66. The average molecular weight is 180 g/mol. The van der Waals surface area contributed by atoms with E-state index in [1.54, 1.807) is 6.20 Å². The first-order valence-electron chi connectivity index (χ1n) is 3.00. The Kier molecular flexibility index (Phi) is 6.74. The van der Waals surface area contributed by atoms with Crippen molar-refractivity contribution in [1.29, 1.82) is 0 Å². The number of rotatable bonds is 3. The summed E-state index contributed by atoms with van der Waals surface area (Å²) in [7, 11) is 0. The molecule has 1 heterocycles. The Hall–Kier alpha value is 0.766. The van der Waals surface area contributed by atoms with Crippen molar-refractivity contribution in [3.63, 3.8) is 0 Å². The van der Waals surface area contributed by atoms with E-state index in [2.05, 4.69) is 11.2 Å². The van der Waals surface area contributed by atoms with Gasteiger partial charge in [-0.3, -0.25) is 0 Å². The van der Waals surface area contributed by atoms with E-state index in [9.17, 15) is 0 Å². The van der Waals surface area contributed by atoms with E-state index in [0.29, 0.717) is 0 Å². The summed E-state index contributed by atoms with van der Waals surface area (Å²) in [5, 5.41) is 21.1. The van der Waals surface area contributed by atoms with Gasteiger partial charge in [-0.1, -0.05) is 0 Å². The van der Waals surface area contributed by atoms with Gasteiger partial charge in [0.25, 0.3) is 0 Å². The molecule has 0 aliphatic carbocycles. The molecule has 0 aliphatic heterocycles. The fourth-order valence-electron chi connectivity index (χ4n) is 0.668. The van der Waals surface area contributed by atoms with Crippen LogP contribution in [0, 0.1) is 6.07 Å². The van der Waals surface area contributed by atoms with Crippen LogP contribution >= 0.6 is 0 Å². The van der Waals surface area contributed by atoms with Gasteiger partial charge in [0, 0.05) is 0 Å². The van der Waals surface area contributed by atoms with Gasteiger partial charge in [-0.05, 0) is 0 Å². The van der Waals surface area contributed by atoms with Crippen molar-refractivity contribution in [3.8, 4) is 0 Å². The summed E-state index contributed by atoms with van der Waals surface area (Å²) in [4.78, 5) is 0. The molecule has 0 aliphatic rings. The first-order valence-corrected chi connectivity index (χ1v) is 3.00. The molecule has 5 heteroatoms. The van der Waals surface area contributed by atoms with E-state index in [1.165, 1.54) is 10.9 Å². The SMILES string of the molecule is OCC(CO)n1c[c-]cn1.[K+]. The molecular formula is C6H9KN2O2. The Labute approximate surface area is 108 Å². The summed E-state index contributed by atoms with van der Waals surface area (Å²) in [5.74, 6) is 0. The van der Waals surface area contributed by atoms with Gasteiger partial charge in [0.1, 0.15) is 0 Å². The van der Waals surface area contributed by atoms with Crippen LogP contribution in [0.5, 0.6) is 0 Å². The second-order valence-electron chi connectivity index (χ2n) is 1.94. The maximum absolute atomic E-state index is 8.66. The Balaban J connectivity index is 0.000001000. The number of aliphatic hydroxyl groups excluding tert-OH is 2. The van der Waals surface area contributed by atoms with Gasteiger partial charge >= 0.3 is 51.4 Å². The Bertz CT molecular complexity index is 175. The summed E-state index contributed by atoms with van der Waals surface area (Å²) >= 11 is 0. The van der Waals surface area contributed by atoms with Crippen molar-refractivity contribution in [2.24, 2.45) is 0 Å². The normalized spacial score (nSPS) is 9.73. The van der Waals surface area contributed by atoms with E-state index in [4.69, 9.17) is 10.2 Å². The van der Waals surface area contributed by atoms with Crippen LogP contribution in [0.4, 0.5) is 0 Å². The standard InChI is InChI=1S/C6H9N2O2.K/c9-4-6(5-10)8-3-1-2-7-8;/h2-3,6,9-10H,4-5H2;/q-1;+1. The molecule has 1 aromatic rings. The monoisotopic (exact) mass is 180 g/mol. The molecule has 0 saturated carbocycles. The zero-order valence-corrected chi connectivity index (χ0v) is 9.56. The predicted octanol–water partition coefficient (Wildman–Crippen LogP) is -3.79. The summed E-state index contributed by atoms with van der Waals surface area (Å²) in [6.45, 7) is -0.210. The van der Waals surface area contributed by atoms with Crippen molar-refractivity contribution >= 4 is 0 Å². The molecule has 11 heavy (non-hydrogen) atoms. The van der Waals surface area contributed by atoms with Crippen LogP contribution in [-0.2, 0) is 0 Å². The first-order chi connectivity index (χ1) is 4.88. The Morgan fingerprint density at radius 3 is 2.45 bits per heavy atom. The minimum absolute atomic E-state index is 0. The van der Waals surface area contributed by atoms with Crippen LogP contribution in [0.3, 0.4) is 0 Å². The third-order valence-corrected chi connectivity index (χ3v) is 1.27.